The smallest absolute Gasteiger partial charge is 0.0639 e. The Morgan fingerprint density at radius 1 is 1.41 bits per heavy atom. The van der Waals surface area contributed by atoms with Crippen LogP contribution < -0.4 is 0 Å². The van der Waals surface area contributed by atoms with Crippen LogP contribution in [-0.2, 0) is 6.54 Å². The van der Waals surface area contributed by atoms with Crippen molar-refractivity contribution >= 4 is 11.3 Å². The van der Waals surface area contributed by atoms with E-state index in [2.05, 4.69) is 22.4 Å². The molecule has 1 aliphatic rings. The molecule has 3 heteroatoms. The van der Waals surface area contributed by atoms with Crippen LogP contribution in [0.3, 0.4) is 0 Å². The van der Waals surface area contributed by atoms with Crippen molar-refractivity contribution in [1.29, 1.82) is 0 Å². The molecule has 0 spiro atoms. The summed E-state index contributed by atoms with van der Waals surface area (Å²) in [6.07, 6.45) is 6.47. The minimum absolute atomic E-state index is 0.225. The van der Waals surface area contributed by atoms with Gasteiger partial charge in [-0.25, -0.2) is 0 Å². The third kappa shape index (κ3) is 4.09. The molecular formula is C14H23NOS. The monoisotopic (exact) mass is 253 g/mol. The number of thiophene rings is 1. The first kappa shape index (κ1) is 13.1. The first-order valence-electron chi connectivity index (χ1n) is 6.70. The maximum absolute atomic E-state index is 9.64. The van der Waals surface area contributed by atoms with Gasteiger partial charge in [0, 0.05) is 24.0 Å². The van der Waals surface area contributed by atoms with Crippen molar-refractivity contribution in [2.24, 2.45) is 0 Å². The first-order valence-corrected chi connectivity index (χ1v) is 7.58. The Morgan fingerprint density at radius 2 is 2.18 bits per heavy atom. The van der Waals surface area contributed by atoms with E-state index in [1.165, 1.54) is 37.0 Å². The Hall–Kier alpha value is -0.380. The van der Waals surface area contributed by atoms with E-state index in [9.17, 15) is 5.11 Å². The van der Waals surface area contributed by atoms with Gasteiger partial charge in [-0.15, -0.1) is 11.3 Å². The van der Waals surface area contributed by atoms with Gasteiger partial charge < -0.3 is 5.11 Å². The largest absolute Gasteiger partial charge is 0.392 e. The second-order valence-corrected chi connectivity index (χ2v) is 6.18. The zero-order chi connectivity index (χ0) is 12.1. The topological polar surface area (TPSA) is 23.5 Å². The third-order valence-electron chi connectivity index (χ3n) is 3.53. The number of hydrogen-bond donors (Lipinski definition) is 1. The summed E-state index contributed by atoms with van der Waals surface area (Å²) in [6.45, 7) is 3.71. The van der Waals surface area contributed by atoms with Crippen LogP contribution in [0.15, 0.2) is 17.5 Å². The molecule has 1 atom stereocenters. The van der Waals surface area contributed by atoms with Crippen molar-refractivity contribution < 1.29 is 5.11 Å². The van der Waals surface area contributed by atoms with Crippen LogP contribution in [0.5, 0.6) is 0 Å². The second-order valence-electron chi connectivity index (χ2n) is 5.15. The van der Waals surface area contributed by atoms with Crippen molar-refractivity contribution in [2.75, 3.05) is 6.54 Å². The highest BCUT2D eigenvalue weighted by atomic mass is 32.1. The van der Waals surface area contributed by atoms with Gasteiger partial charge in [0.2, 0.25) is 0 Å². The van der Waals surface area contributed by atoms with Gasteiger partial charge in [0.05, 0.1) is 6.10 Å². The standard InChI is InChI=1S/C14H23NOS/c1-12(16)10-15(11-14-8-5-9-17-14)13-6-3-2-4-7-13/h5,8-9,12-13,16H,2-4,6-7,10-11H2,1H3. The summed E-state index contributed by atoms with van der Waals surface area (Å²) in [5.74, 6) is 0. The highest BCUT2D eigenvalue weighted by molar-refractivity contribution is 7.09. The fraction of sp³-hybridized carbons (Fsp3) is 0.714. The fourth-order valence-corrected chi connectivity index (χ4v) is 3.46. The van der Waals surface area contributed by atoms with Crippen molar-refractivity contribution in [3.63, 3.8) is 0 Å². The quantitative estimate of drug-likeness (QED) is 0.870. The highest BCUT2D eigenvalue weighted by Gasteiger charge is 2.22. The molecule has 1 heterocycles. The average molecular weight is 253 g/mol. The van der Waals surface area contributed by atoms with Gasteiger partial charge in [-0.1, -0.05) is 25.3 Å². The van der Waals surface area contributed by atoms with Gasteiger partial charge in [0.1, 0.15) is 0 Å². The molecule has 1 fully saturated rings. The number of nitrogens with zero attached hydrogens (tertiary/aromatic N) is 1. The van der Waals surface area contributed by atoms with E-state index in [0.29, 0.717) is 6.04 Å². The van der Waals surface area contributed by atoms with Crippen molar-refractivity contribution in [3.05, 3.63) is 22.4 Å². The number of aliphatic hydroxyl groups excluding tert-OH is 1. The molecule has 0 radical (unpaired) electrons. The van der Waals surface area contributed by atoms with Crippen LogP contribution in [0, 0.1) is 0 Å². The Kier molecular flexibility index (Phi) is 5.01. The molecule has 0 bridgehead atoms. The second kappa shape index (κ2) is 6.53. The third-order valence-corrected chi connectivity index (χ3v) is 4.39. The Bertz CT molecular complexity index is 304. The summed E-state index contributed by atoms with van der Waals surface area (Å²) in [5.41, 5.74) is 0. The lowest BCUT2D eigenvalue weighted by Crippen LogP contribution is -2.40. The SMILES string of the molecule is CC(O)CN(Cc1cccs1)C1CCCCC1. The van der Waals surface area contributed by atoms with Crippen LogP contribution in [0.4, 0.5) is 0 Å². The molecular weight excluding hydrogens is 230 g/mol. The molecule has 1 aliphatic carbocycles. The summed E-state index contributed by atoms with van der Waals surface area (Å²) in [6, 6.07) is 4.99. The number of rotatable bonds is 5. The highest BCUT2D eigenvalue weighted by Crippen LogP contribution is 2.25. The minimum Gasteiger partial charge on any atom is -0.392 e. The first-order chi connectivity index (χ1) is 8.25. The van der Waals surface area contributed by atoms with Gasteiger partial charge in [-0.2, -0.15) is 0 Å². The molecule has 0 aliphatic heterocycles. The lowest BCUT2D eigenvalue weighted by atomic mass is 9.94. The van der Waals surface area contributed by atoms with Crippen molar-refractivity contribution in [1.82, 2.24) is 4.90 Å². The molecule has 1 aromatic rings. The van der Waals surface area contributed by atoms with Gasteiger partial charge in [0.15, 0.2) is 0 Å². The van der Waals surface area contributed by atoms with Crippen molar-refractivity contribution in [3.8, 4) is 0 Å². The minimum atomic E-state index is -0.225. The van der Waals surface area contributed by atoms with E-state index >= 15 is 0 Å². The normalized spacial score (nSPS) is 19.7. The molecule has 0 saturated heterocycles. The summed E-state index contributed by atoms with van der Waals surface area (Å²) in [7, 11) is 0. The lowest BCUT2D eigenvalue weighted by molar-refractivity contribution is 0.0776. The summed E-state index contributed by atoms with van der Waals surface area (Å²) in [4.78, 5) is 3.89. The molecule has 96 valence electrons. The van der Waals surface area contributed by atoms with Gasteiger partial charge in [-0.05, 0) is 31.2 Å². The van der Waals surface area contributed by atoms with E-state index < -0.39 is 0 Å². The van der Waals surface area contributed by atoms with Crippen LogP contribution in [0.1, 0.15) is 43.9 Å². The number of aliphatic hydroxyl groups is 1. The van der Waals surface area contributed by atoms with Crippen LogP contribution in [-0.4, -0.2) is 28.7 Å². The Morgan fingerprint density at radius 3 is 2.76 bits per heavy atom. The van der Waals surface area contributed by atoms with E-state index in [-0.39, 0.29) is 6.10 Å². The molecule has 1 N–H and O–H groups in total. The maximum atomic E-state index is 9.64. The Labute approximate surface area is 108 Å². The van der Waals surface area contributed by atoms with E-state index in [1.807, 2.05) is 18.3 Å². The zero-order valence-corrected chi connectivity index (χ0v) is 11.5. The predicted molar refractivity (Wildman–Crippen MR) is 73.3 cm³/mol. The van der Waals surface area contributed by atoms with Gasteiger partial charge >= 0.3 is 0 Å². The van der Waals surface area contributed by atoms with Gasteiger partial charge in [-0.3, -0.25) is 4.90 Å². The summed E-state index contributed by atoms with van der Waals surface area (Å²) in [5, 5.41) is 11.8. The van der Waals surface area contributed by atoms with Gasteiger partial charge in [0.25, 0.3) is 0 Å². The Balaban J connectivity index is 1.96. The average Bonchev–Trinajstić information content (AvgIpc) is 2.82. The molecule has 0 aromatic carbocycles. The molecule has 2 rings (SSSR count). The zero-order valence-electron chi connectivity index (χ0n) is 10.6. The molecule has 1 aromatic heterocycles. The lowest BCUT2D eigenvalue weighted by Gasteiger charge is -2.34. The van der Waals surface area contributed by atoms with Crippen LogP contribution in [0.2, 0.25) is 0 Å². The maximum Gasteiger partial charge on any atom is 0.0639 e. The molecule has 0 amide bonds. The molecule has 2 nitrogen and oxygen atoms in total. The predicted octanol–water partition coefficient (Wildman–Crippen LogP) is 3.26. The van der Waals surface area contributed by atoms with Crippen LogP contribution in [0.25, 0.3) is 0 Å². The molecule has 1 saturated carbocycles. The fourth-order valence-electron chi connectivity index (χ4n) is 2.73. The number of hydrogen-bond acceptors (Lipinski definition) is 3. The molecule has 1 unspecified atom stereocenters. The summed E-state index contributed by atoms with van der Waals surface area (Å²) >= 11 is 1.82. The summed E-state index contributed by atoms with van der Waals surface area (Å²) < 4.78 is 0. The molecule has 17 heavy (non-hydrogen) atoms. The van der Waals surface area contributed by atoms with E-state index in [1.54, 1.807) is 0 Å². The van der Waals surface area contributed by atoms with E-state index in [0.717, 1.165) is 13.1 Å². The van der Waals surface area contributed by atoms with Crippen LogP contribution >= 0.6 is 11.3 Å². The van der Waals surface area contributed by atoms with Crippen molar-refractivity contribution in [2.45, 2.75) is 57.7 Å². The van der Waals surface area contributed by atoms with E-state index in [4.69, 9.17) is 0 Å².